The van der Waals surface area contributed by atoms with Crippen molar-refractivity contribution in [3.63, 3.8) is 0 Å². The molecule has 0 atom stereocenters. The van der Waals surface area contributed by atoms with E-state index in [0.717, 1.165) is 15.9 Å². The van der Waals surface area contributed by atoms with Crippen LogP contribution in [0.15, 0.2) is 83.8 Å². The molecular formula is C20H18N2O5S. The fraction of sp³-hybridized carbons (Fsp3) is 0.100. The Hall–Kier alpha value is -3.23. The maximum Gasteiger partial charge on any atom is 0.270 e. The van der Waals surface area contributed by atoms with Crippen LogP contribution in [0.4, 0.5) is 5.69 Å². The summed E-state index contributed by atoms with van der Waals surface area (Å²) in [4.78, 5) is 10.2. The standard InChI is InChI=1S/C20H18N2O5S/c1-21(28(25,26)20-12-6-8-17(14-20)22(23)24)15-16-7-5-11-19(13-16)27-18-9-3-2-4-10-18/h2-14H,15H2,1H3. The number of rotatable bonds is 7. The fourth-order valence-electron chi connectivity index (χ4n) is 2.61. The lowest BCUT2D eigenvalue weighted by molar-refractivity contribution is -0.385. The van der Waals surface area contributed by atoms with Crippen LogP contribution in [0.25, 0.3) is 0 Å². The lowest BCUT2D eigenvalue weighted by atomic mass is 10.2. The van der Waals surface area contributed by atoms with Crippen molar-refractivity contribution in [2.75, 3.05) is 7.05 Å². The summed E-state index contributed by atoms with van der Waals surface area (Å²) in [6, 6.07) is 21.4. The minimum absolute atomic E-state index is 0.0943. The van der Waals surface area contributed by atoms with Gasteiger partial charge in [-0.1, -0.05) is 36.4 Å². The molecule has 0 bridgehead atoms. The van der Waals surface area contributed by atoms with Gasteiger partial charge in [0, 0.05) is 25.7 Å². The van der Waals surface area contributed by atoms with E-state index >= 15 is 0 Å². The van der Waals surface area contributed by atoms with Gasteiger partial charge in [-0.15, -0.1) is 0 Å². The van der Waals surface area contributed by atoms with Gasteiger partial charge in [-0.2, -0.15) is 4.31 Å². The number of benzene rings is 3. The second-order valence-corrected chi connectivity index (χ2v) is 8.12. The predicted molar refractivity (Wildman–Crippen MR) is 105 cm³/mol. The molecule has 144 valence electrons. The van der Waals surface area contributed by atoms with E-state index in [4.69, 9.17) is 4.74 Å². The van der Waals surface area contributed by atoms with E-state index < -0.39 is 14.9 Å². The lowest BCUT2D eigenvalue weighted by Gasteiger charge is -2.17. The van der Waals surface area contributed by atoms with Gasteiger partial charge in [0.2, 0.25) is 10.0 Å². The van der Waals surface area contributed by atoms with E-state index in [0.29, 0.717) is 11.5 Å². The Labute approximate surface area is 163 Å². The van der Waals surface area contributed by atoms with E-state index in [1.165, 1.54) is 25.2 Å². The van der Waals surface area contributed by atoms with Gasteiger partial charge in [0.1, 0.15) is 11.5 Å². The van der Waals surface area contributed by atoms with Crippen LogP contribution in [0.5, 0.6) is 11.5 Å². The summed E-state index contributed by atoms with van der Waals surface area (Å²) in [5, 5.41) is 10.9. The van der Waals surface area contributed by atoms with Crippen molar-refractivity contribution in [3.05, 3.63) is 94.5 Å². The molecule has 0 saturated carbocycles. The molecule has 0 fully saturated rings. The minimum atomic E-state index is -3.88. The summed E-state index contributed by atoms with van der Waals surface area (Å²) in [6.45, 7) is 0.0943. The quantitative estimate of drug-likeness (QED) is 0.439. The molecular weight excluding hydrogens is 380 g/mol. The third-order valence-electron chi connectivity index (χ3n) is 4.02. The van der Waals surface area contributed by atoms with E-state index in [9.17, 15) is 18.5 Å². The van der Waals surface area contributed by atoms with Gasteiger partial charge in [0.15, 0.2) is 0 Å². The van der Waals surface area contributed by atoms with Crippen LogP contribution in [-0.4, -0.2) is 24.7 Å². The maximum absolute atomic E-state index is 12.8. The van der Waals surface area contributed by atoms with E-state index in [1.54, 1.807) is 24.3 Å². The third kappa shape index (κ3) is 4.54. The first kappa shape index (κ1) is 19.5. The molecule has 0 aliphatic rings. The molecule has 0 aromatic heterocycles. The van der Waals surface area contributed by atoms with Gasteiger partial charge in [-0.3, -0.25) is 10.1 Å². The Balaban J connectivity index is 1.78. The van der Waals surface area contributed by atoms with Crippen molar-refractivity contribution in [3.8, 4) is 11.5 Å². The number of para-hydroxylation sites is 1. The second-order valence-electron chi connectivity index (χ2n) is 6.08. The molecule has 0 aliphatic carbocycles. The summed E-state index contributed by atoms with van der Waals surface area (Å²) in [6.07, 6.45) is 0. The Kier molecular flexibility index (Phi) is 5.72. The number of hydrogen-bond acceptors (Lipinski definition) is 5. The molecule has 3 rings (SSSR count). The van der Waals surface area contributed by atoms with Crippen LogP contribution in [0.2, 0.25) is 0 Å². The van der Waals surface area contributed by atoms with Crippen LogP contribution in [0.1, 0.15) is 5.56 Å². The normalized spacial score (nSPS) is 11.4. The molecule has 28 heavy (non-hydrogen) atoms. The van der Waals surface area contributed by atoms with Crippen molar-refractivity contribution >= 4 is 15.7 Å². The van der Waals surface area contributed by atoms with Crippen LogP contribution in [0.3, 0.4) is 0 Å². The highest BCUT2D eigenvalue weighted by Gasteiger charge is 2.23. The summed E-state index contributed by atoms with van der Waals surface area (Å²) in [5.74, 6) is 1.27. The average molecular weight is 398 g/mol. The van der Waals surface area contributed by atoms with Gasteiger partial charge in [0.25, 0.3) is 5.69 Å². The predicted octanol–water partition coefficient (Wildman–Crippen LogP) is 4.21. The Morgan fingerprint density at radius 1 is 0.929 bits per heavy atom. The third-order valence-corrected chi connectivity index (χ3v) is 5.82. The van der Waals surface area contributed by atoms with Crippen molar-refractivity contribution < 1.29 is 18.1 Å². The summed E-state index contributed by atoms with van der Waals surface area (Å²) < 4.78 is 32.4. The highest BCUT2D eigenvalue weighted by atomic mass is 32.2. The zero-order valence-corrected chi connectivity index (χ0v) is 15.9. The van der Waals surface area contributed by atoms with Gasteiger partial charge in [-0.05, 0) is 35.9 Å². The van der Waals surface area contributed by atoms with Crippen LogP contribution in [-0.2, 0) is 16.6 Å². The molecule has 7 nitrogen and oxygen atoms in total. The monoisotopic (exact) mass is 398 g/mol. The number of nitro groups is 1. The zero-order valence-electron chi connectivity index (χ0n) is 15.1. The molecule has 0 N–H and O–H groups in total. The van der Waals surface area contributed by atoms with Gasteiger partial charge >= 0.3 is 0 Å². The van der Waals surface area contributed by atoms with Crippen molar-refractivity contribution in [2.45, 2.75) is 11.4 Å². The molecule has 0 radical (unpaired) electrons. The molecule has 3 aromatic carbocycles. The van der Waals surface area contributed by atoms with Gasteiger partial charge < -0.3 is 4.74 Å². The zero-order chi connectivity index (χ0) is 20.1. The minimum Gasteiger partial charge on any atom is -0.457 e. The first-order valence-corrected chi connectivity index (χ1v) is 9.83. The number of non-ortho nitro benzene ring substituents is 1. The number of nitrogens with zero attached hydrogens (tertiary/aromatic N) is 2. The molecule has 0 unspecified atom stereocenters. The van der Waals surface area contributed by atoms with Crippen molar-refractivity contribution in [1.29, 1.82) is 0 Å². The molecule has 0 heterocycles. The molecule has 0 saturated heterocycles. The van der Waals surface area contributed by atoms with E-state index in [1.807, 2.05) is 30.3 Å². The Morgan fingerprint density at radius 2 is 1.61 bits per heavy atom. The van der Waals surface area contributed by atoms with E-state index in [-0.39, 0.29) is 17.1 Å². The molecule has 0 aliphatic heterocycles. The Morgan fingerprint density at radius 3 is 2.32 bits per heavy atom. The highest BCUT2D eigenvalue weighted by Crippen LogP contribution is 2.24. The van der Waals surface area contributed by atoms with Gasteiger partial charge in [-0.25, -0.2) is 8.42 Å². The summed E-state index contributed by atoms with van der Waals surface area (Å²) >= 11 is 0. The SMILES string of the molecule is CN(Cc1cccc(Oc2ccccc2)c1)S(=O)(=O)c1cccc([N+](=O)[O-])c1. The van der Waals surface area contributed by atoms with Gasteiger partial charge in [0.05, 0.1) is 9.82 Å². The van der Waals surface area contributed by atoms with Crippen molar-refractivity contribution in [1.82, 2.24) is 4.31 Å². The first-order valence-electron chi connectivity index (χ1n) is 8.39. The molecule has 3 aromatic rings. The topological polar surface area (TPSA) is 89.8 Å². The Bertz CT molecular complexity index is 1080. The number of hydrogen-bond donors (Lipinski definition) is 0. The molecule has 0 amide bonds. The van der Waals surface area contributed by atoms with E-state index in [2.05, 4.69) is 0 Å². The highest BCUT2D eigenvalue weighted by molar-refractivity contribution is 7.89. The second kappa shape index (κ2) is 8.20. The summed E-state index contributed by atoms with van der Waals surface area (Å²) in [5.41, 5.74) is 0.456. The summed E-state index contributed by atoms with van der Waals surface area (Å²) in [7, 11) is -2.45. The largest absolute Gasteiger partial charge is 0.457 e. The van der Waals surface area contributed by atoms with Crippen LogP contribution < -0.4 is 4.74 Å². The lowest BCUT2D eigenvalue weighted by Crippen LogP contribution is -2.26. The van der Waals surface area contributed by atoms with Crippen LogP contribution in [0, 0.1) is 10.1 Å². The first-order chi connectivity index (χ1) is 13.4. The average Bonchev–Trinajstić information content (AvgIpc) is 2.69. The van der Waals surface area contributed by atoms with Crippen molar-refractivity contribution in [2.24, 2.45) is 0 Å². The number of nitro benzene ring substituents is 1. The maximum atomic E-state index is 12.8. The number of sulfonamides is 1. The molecule has 0 spiro atoms. The smallest absolute Gasteiger partial charge is 0.270 e. The molecule has 8 heteroatoms. The fourth-order valence-corrected chi connectivity index (χ4v) is 3.81. The number of ether oxygens (including phenoxy) is 1. The van der Waals surface area contributed by atoms with Crippen LogP contribution >= 0.6 is 0 Å².